The van der Waals surface area contributed by atoms with Gasteiger partial charge in [0.15, 0.2) is 0 Å². The molecule has 0 aliphatic rings. The molecule has 0 spiro atoms. The van der Waals surface area contributed by atoms with Crippen molar-refractivity contribution >= 4 is 0 Å². The SMILES string of the molecule is CCCOc1cncc(C(NC)c2ccncc2OC)c1. The maximum Gasteiger partial charge on any atom is 0.142 e. The zero-order valence-corrected chi connectivity index (χ0v) is 12.7. The van der Waals surface area contributed by atoms with Crippen LogP contribution < -0.4 is 14.8 Å². The molecule has 0 amide bonds. The van der Waals surface area contributed by atoms with E-state index in [1.807, 2.05) is 25.4 Å². The second-order valence-corrected chi connectivity index (χ2v) is 4.64. The van der Waals surface area contributed by atoms with Crippen molar-refractivity contribution in [3.8, 4) is 11.5 Å². The molecule has 1 N–H and O–H groups in total. The van der Waals surface area contributed by atoms with Gasteiger partial charge in [0.25, 0.3) is 0 Å². The summed E-state index contributed by atoms with van der Waals surface area (Å²) in [5.74, 6) is 1.53. The standard InChI is InChI=1S/C16H21N3O2/c1-4-7-21-13-8-12(9-19-10-13)16(17-2)14-5-6-18-11-15(14)20-3/h5-6,8-11,16-17H,4,7H2,1-3H3. The third-order valence-electron chi connectivity index (χ3n) is 3.18. The third kappa shape index (κ3) is 3.70. The first-order valence-electron chi connectivity index (χ1n) is 7.03. The second kappa shape index (κ2) is 7.59. The van der Waals surface area contributed by atoms with Gasteiger partial charge in [0.1, 0.15) is 11.5 Å². The van der Waals surface area contributed by atoms with Gasteiger partial charge in [-0.25, -0.2) is 0 Å². The predicted molar refractivity (Wildman–Crippen MR) is 81.7 cm³/mol. The first-order valence-corrected chi connectivity index (χ1v) is 7.03. The van der Waals surface area contributed by atoms with Crippen LogP contribution in [0.5, 0.6) is 11.5 Å². The van der Waals surface area contributed by atoms with Crippen molar-refractivity contribution in [2.75, 3.05) is 20.8 Å². The van der Waals surface area contributed by atoms with E-state index in [1.165, 1.54) is 0 Å². The van der Waals surface area contributed by atoms with Crippen LogP contribution in [0, 0.1) is 0 Å². The molecule has 0 fully saturated rings. The van der Waals surface area contributed by atoms with E-state index < -0.39 is 0 Å². The predicted octanol–water partition coefficient (Wildman–Crippen LogP) is 2.58. The van der Waals surface area contributed by atoms with E-state index in [9.17, 15) is 0 Å². The summed E-state index contributed by atoms with van der Waals surface area (Å²) in [6.07, 6.45) is 8.00. The fourth-order valence-electron chi connectivity index (χ4n) is 2.19. The van der Waals surface area contributed by atoms with Crippen molar-refractivity contribution in [2.24, 2.45) is 0 Å². The van der Waals surface area contributed by atoms with Gasteiger partial charge in [0, 0.05) is 18.0 Å². The first-order chi connectivity index (χ1) is 10.3. The number of rotatable bonds is 7. The van der Waals surface area contributed by atoms with Gasteiger partial charge < -0.3 is 14.8 Å². The second-order valence-electron chi connectivity index (χ2n) is 4.64. The van der Waals surface area contributed by atoms with Crippen molar-refractivity contribution in [3.05, 3.63) is 48.0 Å². The van der Waals surface area contributed by atoms with Crippen LogP contribution in [0.1, 0.15) is 30.5 Å². The molecule has 5 heteroatoms. The zero-order chi connectivity index (χ0) is 15.1. The van der Waals surface area contributed by atoms with E-state index in [2.05, 4.69) is 22.2 Å². The van der Waals surface area contributed by atoms with Gasteiger partial charge in [0.05, 0.1) is 32.2 Å². The van der Waals surface area contributed by atoms with Crippen molar-refractivity contribution in [2.45, 2.75) is 19.4 Å². The van der Waals surface area contributed by atoms with Gasteiger partial charge >= 0.3 is 0 Å². The molecule has 112 valence electrons. The van der Waals surface area contributed by atoms with E-state index in [1.54, 1.807) is 25.7 Å². The quantitative estimate of drug-likeness (QED) is 0.848. The Labute approximate surface area is 125 Å². The van der Waals surface area contributed by atoms with Crippen molar-refractivity contribution in [1.82, 2.24) is 15.3 Å². The van der Waals surface area contributed by atoms with Gasteiger partial charge in [-0.3, -0.25) is 9.97 Å². The Bertz CT molecular complexity index is 575. The van der Waals surface area contributed by atoms with Crippen LogP contribution in [0.15, 0.2) is 36.9 Å². The van der Waals surface area contributed by atoms with Gasteiger partial charge in [-0.2, -0.15) is 0 Å². The summed E-state index contributed by atoms with van der Waals surface area (Å²) >= 11 is 0. The van der Waals surface area contributed by atoms with E-state index in [0.717, 1.165) is 29.0 Å². The van der Waals surface area contributed by atoms with E-state index >= 15 is 0 Å². The van der Waals surface area contributed by atoms with Crippen molar-refractivity contribution in [1.29, 1.82) is 0 Å². The van der Waals surface area contributed by atoms with Crippen LogP contribution in [0.2, 0.25) is 0 Å². The summed E-state index contributed by atoms with van der Waals surface area (Å²) in [4.78, 5) is 8.36. The molecule has 2 aromatic rings. The lowest BCUT2D eigenvalue weighted by molar-refractivity contribution is 0.315. The molecule has 0 aromatic carbocycles. The maximum atomic E-state index is 5.65. The number of nitrogens with one attached hydrogen (secondary N) is 1. The average molecular weight is 287 g/mol. The molecule has 2 rings (SSSR count). The normalized spacial score (nSPS) is 12.0. The molecule has 0 bridgehead atoms. The summed E-state index contributed by atoms with van der Waals surface area (Å²) in [5.41, 5.74) is 2.04. The lowest BCUT2D eigenvalue weighted by Gasteiger charge is -2.19. The fourth-order valence-corrected chi connectivity index (χ4v) is 2.19. The minimum atomic E-state index is -0.0272. The number of ether oxygens (including phenoxy) is 2. The molecular formula is C16H21N3O2. The zero-order valence-electron chi connectivity index (χ0n) is 12.7. The molecule has 2 heterocycles. The first kappa shape index (κ1) is 15.3. The van der Waals surface area contributed by atoms with E-state index in [0.29, 0.717) is 6.61 Å². The summed E-state index contributed by atoms with van der Waals surface area (Å²) < 4.78 is 11.0. The summed E-state index contributed by atoms with van der Waals surface area (Å²) in [6, 6.07) is 3.92. The number of pyridine rings is 2. The lowest BCUT2D eigenvalue weighted by atomic mass is 10.0. The Morgan fingerprint density at radius 1 is 1.24 bits per heavy atom. The molecule has 1 atom stereocenters. The van der Waals surface area contributed by atoms with E-state index in [-0.39, 0.29) is 6.04 Å². The van der Waals surface area contributed by atoms with E-state index in [4.69, 9.17) is 9.47 Å². The fraction of sp³-hybridized carbons (Fsp3) is 0.375. The number of hydrogen-bond acceptors (Lipinski definition) is 5. The number of hydrogen-bond donors (Lipinski definition) is 1. The van der Waals surface area contributed by atoms with Crippen LogP contribution in [0.25, 0.3) is 0 Å². The summed E-state index contributed by atoms with van der Waals surface area (Å²) in [6.45, 7) is 2.77. The highest BCUT2D eigenvalue weighted by molar-refractivity contribution is 5.40. The maximum absolute atomic E-state index is 5.65. The average Bonchev–Trinajstić information content (AvgIpc) is 2.54. The van der Waals surface area contributed by atoms with Gasteiger partial charge in [0.2, 0.25) is 0 Å². The summed E-state index contributed by atoms with van der Waals surface area (Å²) in [7, 11) is 3.55. The molecule has 0 radical (unpaired) electrons. The molecule has 0 aliphatic carbocycles. The highest BCUT2D eigenvalue weighted by atomic mass is 16.5. The van der Waals surface area contributed by atoms with Crippen LogP contribution in [-0.2, 0) is 0 Å². The summed E-state index contributed by atoms with van der Waals surface area (Å²) in [5, 5.41) is 3.29. The number of nitrogens with zero attached hydrogens (tertiary/aromatic N) is 2. The highest BCUT2D eigenvalue weighted by Gasteiger charge is 2.17. The molecule has 5 nitrogen and oxygen atoms in total. The van der Waals surface area contributed by atoms with Crippen LogP contribution >= 0.6 is 0 Å². The van der Waals surface area contributed by atoms with Crippen molar-refractivity contribution < 1.29 is 9.47 Å². The molecule has 1 unspecified atom stereocenters. The third-order valence-corrected chi connectivity index (χ3v) is 3.18. The topological polar surface area (TPSA) is 56.3 Å². The van der Waals surface area contributed by atoms with Gasteiger partial charge in [-0.05, 0) is 31.2 Å². The van der Waals surface area contributed by atoms with Gasteiger partial charge in [-0.1, -0.05) is 6.92 Å². The van der Waals surface area contributed by atoms with Crippen LogP contribution in [0.4, 0.5) is 0 Å². The lowest BCUT2D eigenvalue weighted by Crippen LogP contribution is -2.19. The van der Waals surface area contributed by atoms with Crippen LogP contribution in [-0.4, -0.2) is 30.7 Å². The molecule has 0 aliphatic heterocycles. The molecule has 21 heavy (non-hydrogen) atoms. The minimum Gasteiger partial charge on any atom is -0.495 e. The Hall–Kier alpha value is -2.14. The Morgan fingerprint density at radius 3 is 2.81 bits per heavy atom. The number of aromatic nitrogens is 2. The monoisotopic (exact) mass is 287 g/mol. The molecule has 0 saturated heterocycles. The minimum absolute atomic E-state index is 0.0272. The van der Waals surface area contributed by atoms with Crippen molar-refractivity contribution in [3.63, 3.8) is 0 Å². The molecular weight excluding hydrogens is 266 g/mol. The number of methoxy groups -OCH3 is 1. The smallest absolute Gasteiger partial charge is 0.142 e. The largest absolute Gasteiger partial charge is 0.495 e. The molecule has 0 saturated carbocycles. The Morgan fingerprint density at radius 2 is 2.10 bits per heavy atom. The Kier molecular flexibility index (Phi) is 5.51. The Balaban J connectivity index is 2.32. The highest BCUT2D eigenvalue weighted by Crippen LogP contribution is 2.29. The van der Waals surface area contributed by atoms with Gasteiger partial charge in [-0.15, -0.1) is 0 Å². The molecule has 2 aromatic heterocycles. The van der Waals surface area contributed by atoms with Crippen LogP contribution in [0.3, 0.4) is 0 Å².